The molecule has 0 amide bonds. The number of carboxylic acids is 1. The van der Waals surface area contributed by atoms with Gasteiger partial charge in [-0.25, -0.2) is 4.79 Å². The first-order chi connectivity index (χ1) is 36.8. The van der Waals surface area contributed by atoms with Crippen molar-refractivity contribution in [3.63, 3.8) is 0 Å². The summed E-state index contributed by atoms with van der Waals surface area (Å²) in [5, 5.41) is 19.0. The van der Waals surface area contributed by atoms with Crippen LogP contribution in [0.15, 0.2) is 139 Å². The average molecular weight is 1040 g/mol. The van der Waals surface area contributed by atoms with Gasteiger partial charge in [0.15, 0.2) is 0 Å². The van der Waals surface area contributed by atoms with Gasteiger partial charge in [-0.2, -0.15) is 5.26 Å². The van der Waals surface area contributed by atoms with E-state index in [0.29, 0.717) is 0 Å². The lowest BCUT2D eigenvalue weighted by Crippen LogP contribution is -2.25. The summed E-state index contributed by atoms with van der Waals surface area (Å²) in [4.78, 5) is 18.3. The lowest BCUT2D eigenvalue weighted by molar-refractivity contribution is -0.132. The molecule has 75 heavy (non-hydrogen) atoms. The molecule has 0 fully saturated rings. The van der Waals surface area contributed by atoms with Gasteiger partial charge in [-0.15, -0.1) is 22.7 Å². The highest BCUT2D eigenvalue weighted by Gasteiger charge is 2.42. The van der Waals surface area contributed by atoms with Crippen molar-refractivity contribution in [2.45, 2.75) is 149 Å². The van der Waals surface area contributed by atoms with Gasteiger partial charge in [0.2, 0.25) is 0 Å². The summed E-state index contributed by atoms with van der Waals surface area (Å²) in [5.74, 6) is 0.586. The minimum absolute atomic E-state index is 0.125. The van der Waals surface area contributed by atoms with Crippen LogP contribution in [-0.2, 0) is 10.2 Å². The molecule has 5 aromatic carbocycles. The molecule has 7 aromatic rings. The smallest absolute Gasteiger partial charge is 0.346 e. The number of unbranched alkanes of at least 4 members (excludes halogenated alkanes) is 12. The molecule has 8 rings (SSSR count). The fraction of sp³-hybridized carbons (Fsp3) is 0.373. The summed E-state index contributed by atoms with van der Waals surface area (Å²) in [6.07, 6.45) is 22.8. The lowest BCUT2D eigenvalue weighted by Gasteiger charge is -2.33. The molecular formula is C67H76N2O4S2. The normalized spacial score (nSPS) is 12.5. The summed E-state index contributed by atoms with van der Waals surface area (Å²) in [6.45, 7) is 10.5. The number of carboxylic acid groups (broad SMARTS) is 1. The molecule has 0 spiro atoms. The van der Waals surface area contributed by atoms with Gasteiger partial charge < -0.3 is 19.5 Å². The molecule has 2 heterocycles. The molecular weight excluding hydrogens is 961 g/mol. The second kappa shape index (κ2) is 27.4. The van der Waals surface area contributed by atoms with Crippen molar-refractivity contribution < 1.29 is 19.4 Å². The fourth-order valence-electron chi connectivity index (χ4n) is 10.7. The first kappa shape index (κ1) is 54.8. The molecule has 0 saturated carbocycles. The Morgan fingerprint density at radius 3 is 1.39 bits per heavy atom. The standard InChI is InChI=1S/C67H76N2O4S2/c1-5-9-13-17-41-67(42-18-14-10-6-2)61-46-50(64-38-35-58(74-64)45-52(48-68)66(70)71)23-36-59(61)60-37-24-51(47-62(60)67)65-40-39-63(75-65)49-21-25-53(26-22-49)69(54-27-31-56(32-28-54)72-43-19-15-11-7-3)55-29-33-57(34-30-55)73-44-20-16-12-8-4/h21-40,45-47H,5-20,41-44H2,1-4H3,(H,70,71)/b52-45-. The van der Waals surface area contributed by atoms with Crippen LogP contribution in [0.2, 0.25) is 0 Å². The van der Waals surface area contributed by atoms with Crippen molar-refractivity contribution in [2.24, 2.45) is 0 Å². The highest BCUT2D eigenvalue weighted by atomic mass is 32.1. The number of nitriles is 1. The molecule has 0 aliphatic heterocycles. The Hall–Kier alpha value is -6.40. The first-order valence-corrected chi connectivity index (χ1v) is 29.6. The van der Waals surface area contributed by atoms with Crippen molar-refractivity contribution >= 4 is 51.8 Å². The molecule has 0 radical (unpaired) electrons. The molecule has 2 aromatic heterocycles. The minimum Gasteiger partial charge on any atom is -0.494 e. The Kier molecular flexibility index (Phi) is 20.0. The second-order valence-electron chi connectivity index (χ2n) is 20.3. The van der Waals surface area contributed by atoms with Crippen molar-refractivity contribution in [1.29, 1.82) is 5.26 Å². The molecule has 0 bridgehead atoms. The number of hydrogen-bond donors (Lipinski definition) is 1. The van der Waals surface area contributed by atoms with Gasteiger partial charge in [-0.05, 0) is 168 Å². The van der Waals surface area contributed by atoms with E-state index in [0.717, 1.165) is 82.8 Å². The Bertz CT molecular complexity index is 2920. The molecule has 0 saturated heterocycles. The summed E-state index contributed by atoms with van der Waals surface area (Å²) < 4.78 is 12.3. The number of benzene rings is 5. The molecule has 0 unspecified atom stereocenters. The largest absolute Gasteiger partial charge is 0.494 e. The van der Waals surface area contributed by atoms with Gasteiger partial charge in [-0.1, -0.05) is 154 Å². The Morgan fingerprint density at radius 1 is 0.520 bits per heavy atom. The van der Waals surface area contributed by atoms with Crippen molar-refractivity contribution in [2.75, 3.05) is 18.1 Å². The summed E-state index contributed by atoms with van der Waals surface area (Å²) >= 11 is 3.39. The van der Waals surface area contributed by atoms with Crippen LogP contribution in [-0.4, -0.2) is 24.3 Å². The number of rotatable bonds is 30. The Balaban J connectivity index is 1.08. The van der Waals surface area contributed by atoms with E-state index in [1.807, 2.05) is 23.5 Å². The van der Waals surface area contributed by atoms with Gasteiger partial charge in [0.1, 0.15) is 23.1 Å². The number of ether oxygens (including phenoxy) is 2. The number of nitrogens with zero attached hydrogens (tertiary/aromatic N) is 2. The van der Waals surface area contributed by atoms with E-state index in [2.05, 4.69) is 160 Å². The van der Waals surface area contributed by atoms with Gasteiger partial charge in [0.05, 0.1) is 13.2 Å². The first-order valence-electron chi connectivity index (χ1n) is 28.0. The predicted molar refractivity (Wildman–Crippen MR) is 317 cm³/mol. The van der Waals surface area contributed by atoms with Crippen LogP contribution >= 0.6 is 22.7 Å². The van der Waals surface area contributed by atoms with Gasteiger partial charge in [0, 0.05) is 42.0 Å². The quantitative estimate of drug-likeness (QED) is 0.0275. The maximum Gasteiger partial charge on any atom is 0.346 e. The summed E-state index contributed by atoms with van der Waals surface area (Å²) in [7, 11) is 0. The average Bonchev–Trinajstić information content (AvgIpc) is 4.22. The number of aliphatic carboxylic acids is 1. The molecule has 8 heteroatoms. The zero-order chi connectivity index (χ0) is 52.4. The molecule has 1 aliphatic carbocycles. The summed E-state index contributed by atoms with van der Waals surface area (Å²) in [5.41, 5.74) is 11.9. The second-order valence-corrected chi connectivity index (χ2v) is 22.5. The van der Waals surface area contributed by atoms with Crippen LogP contribution in [0.25, 0.3) is 48.5 Å². The number of thiophene rings is 2. The van der Waals surface area contributed by atoms with Gasteiger partial charge in [0.25, 0.3) is 0 Å². The maximum atomic E-state index is 11.7. The molecule has 1 N–H and O–H groups in total. The highest BCUT2D eigenvalue weighted by Crippen LogP contribution is 2.56. The van der Waals surface area contributed by atoms with E-state index in [-0.39, 0.29) is 11.0 Å². The maximum absolute atomic E-state index is 11.7. The van der Waals surface area contributed by atoms with E-state index in [9.17, 15) is 15.2 Å². The van der Waals surface area contributed by atoms with Crippen molar-refractivity contribution in [1.82, 2.24) is 0 Å². The van der Waals surface area contributed by atoms with Crippen LogP contribution < -0.4 is 14.4 Å². The van der Waals surface area contributed by atoms with Crippen LogP contribution in [0.5, 0.6) is 11.5 Å². The van der Waals surface area contributed by atoms with Crippen molar-refractivity contribution in [3.8, 4) is 60.0 Å². The van der Waals surface area contributed by atoms with E-state index in [1.165, 1.54) is 150 Å². The number of carbonyl (C=O) groups is 1. The van der Waals surface area contributed by atoms with E-state index in [4.69, 9.17) is 9.47 Å². The third kappa shape index (κ3) is 13.7. The van der Waals surface area contributed by atoms with Gasteiger partial charge in [-0.3, -0.25) is 0 Å². The molecule has 390 valence electrons. The van der Waals surface area contributed by atoms with Crippen LogP contribution in [0.1, 0.15) is 159 Å². The topological polar surface area (TPSA) is 82.8 Å². The zero-order valence-electron chi connectivity index (χ0n) is 44.8. The fourth-order valence-corrected chi connectivity index (χ4v) is 12.7. The zero-order valence-corrected chi connectivity index (χ0v) is 46.4. The van der Waals surface area contributed by atoms with Crippen LogP contribution in [0.4, 0.5) is 17.1 Å². The van der Waals surface area contributed by atoms with Crippen molar-refractivity contribution in [3.05, 3.63) is 155 Å². The number of hydrogen-bond acceptors (Lipinski definition) is 7. The Labute approximate surface area is 455 Å². The third-order valence-corrected chi connectivity index (χ3v) is 17.1. The Morgan fingerprint density at radius 2 is 0.933 bits per heavy atom. The summed E-state index contributed by atoms with van der Waals surface area (Å²) in [6, 6.07) is 50.6. The lowest BCUT2D eigenvalue weighted by atomic mass is 9.70. The molecule has 1 aliphatic rings. The van der Waals surface area contributed by atoms with E-state index >= 15 is 0 Å². The monoisotopic (exact) mass is 1040 g/mol. The number of anilines is 3. The molecule has 6 nitrogen and oxygen atoms in total. The highest BCUT2D eigenvalue weighted by molar-refractivity contribution is 7.18. The number of fused-ring (bicyclic) bond motifs is 3. The predicted octanol–water partition coefficient (Wildman–Crippen LogP) is 20.4. The van der Waals surface area contributed by atoms with Gasteiger partial charge >= 0.3 is 5.97 Å². The van der Waals surface area contributed by atoms with Crippen LogP contribution in [0, 0.1) is 11.3 Å². The minimum atomic E-state index is -1.21. The third-order valence-electron chi connectivity index (χ3n) is 14.8. The molecule has 0 atom stereocenters. The van der Waals surface area contributed by atoms with E-state index in [1.54, 1.807) is 0 Å². The SMILES string of the molecule is CCCCCCOc1ccc(N(c2ccc(OCCCCCC)cc2)c2ccc(-c3ccc(-c4ccc5c(c4)C(CCCCCC)(CCCCCC)c4cc(-c6ccc(/C=C(/C#N)C(=O)O)s6)ccc4-5)s3)cc2)cc1. The van der Waals surface area contributed by atoms with E-state index < -0.39 is 5.97 Å². The van der Waals surface area contributed by atoms with Crippen LogP contribution in [0.3, 0.4) is 0 Å².